The molecule has 1 aliphatic carbocycles. The number of unbranched alkanes of at least 4 members (excludes halogenated alkanes) is 2. The second-order valence-electron chi connectivity index (χ2n) is 7.15. The van der Waals surface area contributed by atoms with E-state index in [4.69, 9.17) is 5.73 Å². The van der Waals surface area contributed by atoms with Gasteiger partial charge in [0, 0.05) is 6.04 Å². The summed E-state index contributed by atoms with van der Waals surface area (Å²) in [6.45, 7) is 8.70. The SMILES string of the molecule is CCCCCS(=O)(=O)C1CC(C(C)(C)C)CCC1N. The van der Waals surface area contributed by atoms with E-state index in [2.05, 4.69) is 27.7 Å². The number of sulfone groups is 1. The number of rotatable bonds is 5. The Morgan fingerprint density at radius 3 is 2.32 bits per heavy atom. The van der Waals surface area contributed by atoms with E-state index in [0.29, 0.717) is 11.7 Å². The van der Waals surface area contributed by atoms with Gasteiger partial charge in [0.05, 0.1) is 11.0 Å². The Bertz CT molecular complexity index is 370. The highest BCUT2D eigenvalue weighted by molar-refractivity contribution is 7.92. The summed E-state index contributed by atoms with van der Waals surface area (Å²) in [5.74, 6) is 0.786. The summed E-state index contributed by atoms with van der Waals surface area (Å²) >= 11 is 0. The van der Waals surface area contributed by atoms with Crippen LogP contribution in [0.25, 0.3) is 0 Å². The highest BCUT2D eigenvalue weighted by Gasteiger charge is 2.40. The highest BCUT2D eigenvalue weighted by atomic mass is 32.2. The van der Waals surface area contributed by atoms with Crippen LogP contribution >= 0.6 is 0 Å². The molecule has 0 spiro atoms. The molecule has 1 aliphatic rings. The van der Waals surface area contributed by atoms with Crippen LogP contribution in [0.3, 0.4) is 0 Å². The molecule has 4 heteroatoms. The number of hydrogen-bond acceptors (Lipinski definition) is 3. The van der Waals surface area contributed by atoms with Crippen LogP contribution < -0.4 is 5.73 Å². The van der Waals surface area contributed by atoms with Gasteiger partial charge in [-0.1, -0.05) is 40.5 Å². The fraction of sp³-hybridized carbons (Fsp3) is 1.00. The minimum atomic E-state index is -3.02. The van der Waals surface area contributed by atoms with Crippen LogP contribution in [0.4, 0.5) is 0 Å². The molecule has 0 radical (unpaired) electrons. The lowest BCUT2D eigenvalue weighted by Crippen LogP contribution is -2.47. The van der Waals surface area contributed by atoms with Crippen LogP contribution in [0.15, 0.2) is 0 Å². The molecule has 19 heavy (non-hydrogen) atoms. The minimum Gasteiger partial charge on any atom is -0.327 e. The summed E-state index contributed by atoms with van der Waals surface area (Å²) in [5.41, 5.74) is 6.27. The molecular formula is C15H31NO2S. The zero-order valence-corrected chi connectivity index (χ0v) is 13.8. The Morgan fingerprint density at radius 2 is 1.79 bits per heavy atom. The molecule has 0 amide bonds. The van der Waals surface area contributed by atoms with Crippen LogP contribution in [0, 0.1) is 11.3 Å². The molecule has 1 rings (SSSR count). The van der Waals surface area contributed by atoms with Gasteiger partial charge in [0.2, 0.25) is 0 Å². The number of nitrogens with two attached hydrogens (primary N) is 1. The Kier molecular flexibility index (Phi) is 5.87. The molecule has 0 aromatic carbocycles. The molecule has 0 aromatic heterocycles. The third-order valence-corrected chi connectivity index (χ3v) is 6.88. The summed E-state index contributed by atoms with van der Waals surface area (Å²) in [6, 6.07) is -0.162. The minimum absolute atomic E-state index is 0.162. The molecule has 1 saturated carbocycles. The van der Waals surface area contributed by atoms with Crippen molar-refractivity contribution in [2.24, 2.45) is 17.1 Å². The summed E-state index contributed by atoms with van der Waals surface area (Å²) in [5, 5.41) is -0.317. The molecular weight excluding hydrogens is 258 g/mol. The van der Waals surface area contributed by atoms with E-state index < -0.39 is 9.84 Å². The van der Waals surface area contributed by atoms with E-state index in [1.165, 1.54) is 0 Å². The lowest BCUT2D eigenvalue weighted by molar-refractivity contribution is 0.171. The van der Waals surface area contributed by atoms with Crippen molar-refractivity contribution in [3.8, 4) is 0 Å². The van der Waals surface area contributed by atoms with E-state index in [9.17, 15) is 8.42 Å². The molecule has 114 valence electrons. The Balaban J connectivity index is 2.73. The summed E-state index contributed by atoms with van der Waals surface area (Å²) < 4.78 is 24.9. The maximum atomic E-state index is 12.5. The van der Waals surface area contributed by atoms with Crippen molar-refractivity contribution in [2.75, 3.05) is 5.75 Å². The normalized spacial score (nSPS) is 29.4. The monoisotopic (exact) mass is 289 g/mol. The van der Waals surface area contributed by atoms with Crippen molar-refractivity contribution in [3.63, 3.8) is 0 Å². The third kappa shape index (κ3) is 4.75. The number of hydrogen-bond donors (Lipinski definition) is 1. The lowest BCUT2D eigenvalue weighted by atomic mass is 9.71. The van der Waals surface area contributed by atoms with Crippen molar-refractivity contribution in [2.45, 2.75) is 77.5 Å². The summed E-state index contributed by atoms with van der Waals surface area (Å²) in [4.78, 5) is 0. The maximum Gasteiger partial charge on any atom is 0.154 e. The van der Waals surface area contributed by atoms with Crippen molar-refractivity contribution >= 4 is 9.84 Å². The largest absolute Gasteiger partial charge is 0.327 e. The fourth-order valence-electron chi connectivity index (χ4n) is 3.06. The van der Waals surface area contributed by atoms with Gasteiger partial charge in [-0.2, -0.15) is 0 Å². The first kappa shape index (κ1) is 17.0. The zero-order chi connectivity index (χ0) is 14.7. The molecule has 0 aromatic rings. The van der Waals surface area contributed by atoms with E-state index in [-0.39, 0.29) is 16.7 Å². The first-order valence-electron chi connectivity index (χ1n) is 7.65. The van der Waals surface area contributed by atoms with Crippen LogP contribution in [-0.2, 0) is 9.84 Å². The lowest BCUT2D eigenvalue weighted by Gasteiger charge is -2.40. The van der Waals surface area contributed by atoms with Gasteiger partial charge in [-0.05, 0) is 37.0 Å². The molecule has 0 aliphatic heterocycles. The van der Waals surface area contributed by atoms with E-state index >= 15 is 0 Å². The molecule has 0 bridgehead atoms. The predicted octanol–water partition coefficient (Wildman–Crippen LogP) is 3.13. The first-order valence-corrected chi connectivity index (χ1v) is 9.37. The predicted molar refractivity (Wildman–Crippen MR) is 81.9 cm³/mol. The van der Waals surface area contributed by atoms with Gasteiger partial charge >= 0.3 is 0 Å². The van der Waals surface area contributed by atoms with E-state index in [1.54, 1.807) is 0 Å². The van der Waals surface area contributed by atoms with E-state index in [0.717, 1.165) is 38.5 Å². The Morgan fingerprint density at radius 1 is 1.16 bits per heavy atom. The van der Waals surface area contributed by atoms with Gasteiger partial charge in [-0.25, -0.2) is 8.42 Å². The Labute approximate surface area is 119 Å². The average molecular weight is 289 g/mol. The van der Waals surface area contributed by atoms with Gasteiger partial charge in [0.1, 0.15) is 0 Å². The topological polar surface area (TPSA) is 60.2 Å². The van der Waals surface area contributed by atoms with Gasteiger partial charge < -0.3 is 5.73 Å². The van der Waals surface area contributed by atoms with Gasteiger partial charge in [-0.15, -0.1) is 0 Å². The van der Waals surface area contributed by atoms with Crippen LogP contribution in [-0.4, -0.2) is 25.5 Å². The molecule has 2 N–H and O–H groups in total. The highest BCUT2D eigenvalue weighted by Crippen LogP contribution is 2.39. The van der Waals surface area contributed by atoms with E-state index in [1.807, 2.05) is 0 Å². The quantitative estimate of drug-likeness (QED) is 0.791. The van der Waals surface area contributed by atoms with Crippen LogP contribution in [0.1, 0.15) is 66.2 Å². The third-order valence-electron chi connectivity index (χ3n) is 4.56. The molecule has 3 unspecified atom stereocenters. The maximum absolute atomic E-state index is 12.5. The first-order chi connectivity index (χ1) is 8.68. The average Bonchev–Trinajstić information content (AvgIpc) is 2.27. The molecule has 0 saturated heterocycles. The standard InChI is InChI=1S/C15H31NO2S/c1-5-6-7-10-19(17,18)14-11-12(15(2,3)4)8-9-13(14)16/h12-14H,5-11,16H2,1-4H3. The molecule has 3 nitrogen and oxygen atoms in total. The van der Waals surface area contributed by atoms with Gasteiger partial charge in [0.25, 0.3) is 0 Å². The second kappa shape index (κ2) is 6.57. The van der Waals surface area contributed by atoms with Crippen molar-refractivity contribution in [1.82, 2.24) is 0 Å². The van der Waals surface area contributed by atoms with Crippen molar-refractivity contribution in [1.29, 1.82) is 0 Å². The summed E-state index contributed by atoms with van der Waals surface area (Å²) in [7, 11) is -3.02. The fourth-order valence-corrected chi connectivity index (χ4v) is 5.16. The zero-order valence-electron chi connectivity index (χ0n) is 13.0. The summed E-state index contributed by atoms with van der Waals surface area (Å²) in [6.07, 6.45) is 5.48. The van der Waals surface area contributed by atoms with Crippen molar-refractivity contribution < 1.29 is 8.42 Å². The van der Waals surface area contributed by atoms with Crippen LogP contribution in [0.2, 0.25) is 0 Å². The molecule has 0 heterocycles. The van der Waals surface area contributed by atoms with Gasteiger partial charge in [0.15, 0.2) is 9.84 Å². The molecule has 1 fully saturated rings. The Hall–Kier alpha value is -0.0900. The smallest absolute Gasteiger partial charge is 0.154 e. The van der Waals surface area contributed by atoms with Gasteiger partial charge in [-0.3, -0.25) is 0 Å². The van der Waals surface area contributed by atoms with Crippen LogP contribution in [0.5, 0.6) is 0 Å². The molecule has 3 atom stereocenters. The second-order valence-corrected chi connectivity index (χ2v) is 9.49. The van der Waals surface area contributed by atoms with Crippen molar-refractivity contribution in [3.05, 3.63) is 0 Å².